The minimum atomic E-state index is -3.56. The van der Waals surface area contributed by atoms with Crippen LogP contribution in [-0.2, 0) is 20.2 Å². The zero-order valence-electron chi connectivity index (χ0n) is 8.39. The van der Waals surface area contributed by atoms with Gasteiger partial charge < -0.3 is 4.18 Å². The maximum Gasteiger partial charge on any atom is 0.311 e. The molecule has 0 radical (unpaired) electrons. The van der Waals surface area contributed by atoms with Crippen LogP contribution in [0.2, 0.25) is 0 Å². The van der Waals surface area contributed by atoms with Gasteiger partial charge in [0.2, 0.25) is 0 Å². The van der Waals surface area contributed by atoms with Gasteiger partial charge in [0, 0.05) is 0 Å². The van der Waals surface area contributed by atoms with Gasteiger partial charge >= 0.3 is 9.05 Å². The molecule has 80 valence electrons. The Morgan fingerprint density at radius 2 is 1.71 bits per heavy atom. The van der Waals surface area contributed by atoms with Gasteiger partial charge in [0.1, 0.15) is 5.75 Å². The highest BCUT2D eigenvalue weighted by atomic mass is 32.9. The average molecular weight is 234 g/mol. The number of benzene rings is 1. The molecule has 5 heteroatoms. The second kappa shape index (κ2) is 5.95. The number of hydrogen-bond acceptors (Lipinski definition) is 3. The standard InChI is InChI=1S/C7H8O3S2.C2H6/c1-6-2-4-7(5-3-6)10-12(8,9)11;1-2/h2-5H,1H3,(H,8,9,11);1-2H3. The molecule has 0 aliphatic rings. The lowest BCUT2D eigenvalue weighted by Gasteiger charge is -2.02. The summed E-state index contributed by atoms with van der Waals surface area (Å²) in [6, 6.07) is 6.74. The predicted octanol–water partition coefficient (Wildman–Crippen LogP) is 2.53. The Bertz CT molecular complexity index is 354. The van der Waals surface area contributed by atoms with Crippen LogP contribution in [0.15, 0.2) is 24.3 Å². The van der Waals surface area contributed by atoms with E-state index in [9.17, 15) is 4.21 Å². The molecule has 1 atom stereocenters. The van der Waals surface area contributed by atoms with Crippen molar-refractivity contribution >= 4 is 20.2 Å². The first-order chi connectivity index (χ1) is 6.47. The molecule has 0 aliphatic carbocycles. The van der Waals surface area contributed by atoms with Crippen molar-refractivity contribution in [2.45, 2.75) is 20.8 Å². The minimum Gasteiger partial charge on any atom is -0.382 e. The van der Waals surface area contributed by atoms with Crippen molar-refractivity contribution < 1.29 is 12.9 Å². The van der Waals surface area contributed by atoms with Crippen LogP contribution in [0.3, 0.4) is 0 Å². The number of aryl methyl sites for hydroxylation is 1. The van der Waals surface area contributed by atoms with Crippen LogP contribution in [0, 0.1) is 6.92 Å². The molecule has 0 saturated heterocycles. The summed E-state index contributed by atoms with van der Waals surface area (Å²) in [6.07, 6.45) is 0. The van der Waals surface area contributed by atoms with Crippen molar-refractivity contribution in [1.82, 2.24) is 0 Å². The molecule has 0 amide bonds. The van der Waals surface area contributed by atoms with Crippen LogP contribution < -0.4 is 4.18 Å². The highest BCUT2D eigenvalue weighted by molar-refractivity contribution is 8.27. The third-order valence-corrected chi connectivity index (χ3v) is 1.83. The van der Waals surface area contributed by atoms with Crippen molar-refractivity contribution in [1.29, 1.82) is 0 Å². The van der Waals surface area contributed by atoms with E-state index >= 15 is 0 Å². The highest BCUT2D eigenvalue weighted by Gasteiger charge is 2.00. The minimum absolute atomic E-state index is 0.308. The lowest BCUT2D eigenvalue weighted by Crippen LogP contribution is -2.04. The zero-order valence-corrected chi connectivity index (χ0v) is 10.0. The van der Waals surface area contributed by atoms with E-state index in [2.05, 4.69) is 15.4 Å². The second-order valence-corrected chi connectivity index (χ2v) is 4.61. The van der Waals surface area contributed by atoms with Crippen LogP contribution in [0.5, 0.6) is 5.75 Å². The molecule has 0 heterocycles. The molecule has 1 aromatic rings. The maximum absolute atomic E-state index is 10.6. The Balaban J connectivity index is 0.000000791. The molecule has 14 heavy (non-hydrogen) atoms. The summed E-state index contributed by atoms with van der Waals surface area (Å²) >= 11 is 4.16. The normalized spacial score (nSPS) is 13.4. The van der Waals surface area contributed by atoms with Gasteiger partial charge in [-0.1, -0.05) is 31.5 Å². The van der Waals surface area contributed by atoms with Gasteiger partial charge in [0.15, 0.2) is 0 Å². The van der Waals surface area contributed by atoms with E-state index in [1.54, 1.807) is 24.3 Å². The maximum atomic E-state index is 10.6. The summed E-state index contributed by atoms with van der Waals surface area (Å²) in [5.74, 6) is 0.308. The largest absolute Gasteiger partial charge is 0.382 e. The summed E-state index contributed by atoms with van der Waals surface area (Å²) in [6.45, 7) is 5.91. The first kappa shape index (κ1) is 13.4. The fourth-order valence-electron chi connectivity index (χ4n) is 0.715. The SMILES string of the molecule is CC.Cc1ccc(OS(=O)(O)=S)cc1. The molecule has 1 unspecified atom stereocenters. The van der Waals surface area contributed by atoms with E-state index in [-0.39, 0.29) is 0 Å². The van der Waals surface area contributed by atoms with E-state index in [0.29, 0.717) is 5.75 Å². The Morgan fingerprint density at radius 1 is 1.29 bits per heavy atom. The Morgan fingerprint density at radius 3 is 2.07 bits per heavy atom. The molecule has 0 aromatic heterocycles. The van der Waals surface area contributed by atoms with Gasteiger partial charge in [-0.2, -0.15) is 4.21 Å². The van der Waals surface area contributed by atoms with E-state index in [0.717, 1.165) is 5.56 Å². The van der Waals surface area contributed by atoms with Crippen molar-refractivity contribution in [3.8, 4) is 5.75 Å². The summed E-state index contributed by atoms with van der Waals surface area (Å²) in [5.41, 5.74) is 1.05. The molecule has 1 rings (SSSR count). The van der Waals surface area contributed by atoms with E-state index in [1.807, 2.05) is 20.8 Å². The van der Waals surface area contributed by atoms with E-state index < -0.39 is 9.05 Å². The Hall–Kier alpha value is -0.650. The fourth-order valence-corrected chi connectivity index (χ4v) is 1.31. The zero-order chi connectivity index (χ0) is 11.2. The average Bonchev–Trinajstić information content (AvgIpc) is 2.10. The third-order valence-electron chi connectivity index (χ3n) is 1.22. The molecule has 0 spiro atoms. The fraction of sp³-hybridized carbons (Fsp3) is 0.333. The first-order valence-corrected chi connectivity index (χ1v) is 6.57. The molecule has 1 aromatic carbocycles. The quantitative estimate of drug-likeness (QED) is 0.854. The highest BCUT2D eigenvalue weighted by Crippen LogP contribution is 2.12. The molecule has 0 aliphatic heterocycles. The first-order valence-electron chi connectivity index (χ1n) is 4.21. The van der Waals surface area contributed by atoms with Gasteiger partial charge in [-0.05, 0) is 19.1 Å². The van der Waals surface area contributed by atoms with Gasteiger partial charge in [0.05, 0.1) is 11.2 Å². The lowest BCUT2D eigenvalue weighted by molar-refractivity contribution is 0.454. The monoisotopic (exact) mass is 234 g/mol. The van der Waals surface area contributed by atoms with E-state index in [4.69, 9.17) is 4.55 Å². The third kappa shape index (κ3) is 5.90. The van der Waals surface area contributed by atoms with Crippen molar-refractivity contribution in [2.24, 2.45) is 0 Å². The molecule has 3 nitrogen and oxygen atoms in total. The van der Waals surface area contributed by atoms with Crippen molar-refractivity contribution in [3.05, 3.63) is 29.8 Å². The predicted molar refractivity (Wildman–Crippen MR) is 61.3 cm³/mol. The molecular formula is C9H14O3S2. The van der Waals surface area contributed by atoms with Crippen molar-refractivity contribution in [3.63, 3.8) is 0 Å². The van der Waals surface area contributed by atoms with Crippen LogP contribution in [0.25, 0.3) is 0 Å². The Labute approximate surface area is 89.8 Å². The van der Waals surface area contributed by atoms with Crippen LogP contribution in [-0.4, -0.2) is 8.76 Å². The second-order valence-electron chi connectivity index (χ2n) is 2.32. The van der Waals surface area contributed by atoms with E-state index in [1.165, 1.54) is 0 Å². The summed E-state index contributed by atoms with van der Waals surface area (Å²) < 4.78 is 23.8. The molecule has 0 bridgehead atoms. The summed E-state index contributed by atoms with van der Waals surface area (Å²) in [5, 5.41) is 0. The molecular weight excluding hydrogens is 220 g/mol. The Kier molecular flexibility index (Phi) is 5.68. The number of hydrogen-bond donors (Lipinski definition) is 1. The molecule has 0 fully saturated rings. The van der Waals surface area contributed by atoms with Crippen molar-refractivity contribution in [2.75, 3.05) is 0 Å². The van der Waals surface area contributed by atoms with Gasteiger partial charge in [-0.25, -0.2) is 0 Å². The smallest absolute Gasteiger partial charge is 0.311 e. The topological polar surface area (TPSA) is 46.5 Å². The molecule has 1 N–H and O–H groups in total. The van der Waals surface area contributed by atoms with Gasteiger partial charge in [0.25, 0.3) is 0 Å². The van der Waals surface area contributed by atoms with Crippen LogP contribution in [0.4, 0.5) is 0 Å². The van der Waals surface area contributed by atoms with Gasteiger partial charge in [-0.15, -0.1) is 0 Å². The van der Waals surface area contributed by atoms with Gasteiger partial charge in [-0.3, -0.25) is 4.55 Å². The lowest BCUT2D eigenvalue weighted by atomic mass is 10.2. The number of rotatable bonds is 2. The summed E-state index contributed by atoms with van der Waals surface area (Å²) in [4.78, 5) is 0. The molecule has 0 saturated carbocycles. The van der Waals surface area contributed by atoms with Crippen LogP contribution >= 0.6 is 0 Å². The van der Waals surface area contributed by atoms with Crippen LogP contribution in [0.1, 0.15) is 19.4 Å². The summed E-state index contributed by atoms with van der Waals surface area (Å²) in [7, 11) is -3.56.